The summed E-state index contributed by atoms with van der Waals surface area (Å²) in [5.41, 5.74) is 0.862. The lowest BCUT2D eigenvalue weighted by molar-refractivity contribution is 0.0773. The quantitative estimate of drug-likeness (QED) is 0.938. The maximum Gasteiger partial charge on any atom is 0.293 e. The van der Waals surface area contributed by atoms with E-state index in [1.165, 1.54) is 0 Å². The summed E-state index contributed by atoms with van der Waals surface area (Å²) in [4.78, 5) is 18.1. The molecule has 1 aliphatic rings. The maximum absolute atomic E-state index is 12.3. The van der Waals surface area contributed by atoms with Crippen LogP contribution >= 0.6 is 23.2 Å². The molecule has 110 valence electrons. The van der Waals surface area contributed by atoms with Crippen molar-refractivity contribution in [2.24, 2.45) is 0 Å². The Kier molecular flexibility index (Phi) is 3.87. The summed E-state index contributed by atoms with van der Waals surface area (Å²) in [6, 6.07) is 5.22. The standard InChI is InChI=1S/C14H14Cl2N4O/c1-20(7-8-4-10(15)6-11(16)5-8)14(21)13-17-12(18-19-13)9-2-3-9/h4-6,9H,2-3,7H2,1H3,(H,17,18,19). The van der Waals surface area contributed by atoms with Crippen LogP contribution in [0.15, 0.2) is 18.2 Å². The smallest absolute Gasteiger partial charge is 0.293 e. The van der Waals surface area contributed by atoms with Crippen LogP contribution in [-0.4, -0.2) is 33.0 Å². The number of nitrogens with zero attached hydrogens (tertiary/aromatic N) is 3. The number of rotatable bonds is 4. The highest BCUT2D eigenvalue weighted by Gasteiger charge is 2.28. The predicted molar refractivity (Wildman–Crippen MR) is 80.6 cm³/mol. The minimum Gasteiger partial charge on any atom is -0.335 e. The van der Waals surface area contributed by atoms with E-state index in [2.05, 4.69) is 15.2 Å². The predicted octanol–water partition coefficient (Wildman–Crippen LogP) is 3.26. The molecule has 7 heteroatoms. The average Bonchev–Trinajstić information content (AvgIpc) is 3.14. The van der Waals surface area contributed by atoms with E-state index in [0.717, 1.165) is 24.2 Å². The van der Waals surface area contributed by atoms with Gasteiger partial charge in [0, 0.05) is 29.6 Å². The van der Waals surface area contributed by atoms with Gasteiger partial charge in [0.25, 0.3) is 5.91 Å². The van der Waals surface area contributed by atoms with Crippen molar-refractivity contribution in [1.82, 2.24) is 20.1 Å². The zero-order valence-electron chi connectivity index (χ0n) is 11.4. The number of carbonyl (C=O) groups excluding carboxylic acids is 1. The second kappa shape index (κ2) is 5.66. The number of amides is 1. The molecule has 21 heavy (non-hydrogen) atoms. The number of carbonyl (C=O) groups is 1. The zero-order chi connectivity index (χ0) is 15.0. The topological polar surface area (TPSA) is 61.9 Å². The molecule has 1 saturated carbocycles. The molecule has 1 amide bonds. The number of hydrogen-bond acceptors (Lipinski definition) is 3. The molecule has 0 radical (unpaired) electrons. The van der Waals surface area contributed by atoms with Gasteiger partial charge in [0.15, 0.2) is 0 Å². The highest BCUT2D eigenvalue weighted by molar-refractivity contribution is 6.34. The summed E-state index contributed by atoms with van der Waals surface area (Å²) in [6.07, 6.45) is 2.22. The van der Waals surface area contributed by atoms with E-state index in [1.807, 2.05) is 0 Å². The van der Waals surface area contributed by atoms with Gasteiger partial charge in [-0.25, -0.2) is 4.98 Å². The van der Waals surface area contributed by atoms with Gasteiger partial charge in [-0.15, -0.1) is 5.10 Å². The summed E-state index contributed by atoms with van der Waals surface area (Å²) in [7, 11) is 1.70. The van der Waals surface area contributed by atoms with E-state index in [-0.39, 0.29) is 11.7 Å². The van der Waals surface area contributed by atoms with E-state index < -0.39 is 0 Å². The number of aromatic amines is 1. The van der Waals surface area contributed by atoms with Crippen LogP contribution in [0.4, 0.5) is 0 Å². The Morgan fingerprint density at radius 1 is 1.33 bits per heavy atom. The molecular formula is C14H14Cl2N4O. The summed E-state index contributed by atoms with van der Waals surface area (Å²) in [6.45, 7) is 0.395. The molecule has 2 aromatic rings. The third kappa shape index (κ3) is 3.36. The van der Waals surface area contributed by atoms with Crippen LogP contribution in [0.5, 0.6) is 0 Å². The molecular weight excluding hydrogens is 311 g/mol. The van der Waals surface area contributed by atoms with Crippen molar-refractivity contribution in [1.29, 1.82) is 0 Å². The Morgan fingerprint density at radius 2 is 2.00 bits per heavy atom. The first-order valence-corrected chi connectivity index (χ1v) is 7.41. The van der Waals surface area contributed by atoms with Crippen LogP contribution in [-0.2, 0) is 6.54 Å². The first-order valence-electron chi connectivity index (χ1n) is 6.65. The Labute approximate surface area is 132 Å². The summed E-state index contributed by atoms with van der Waals surface area (Å²) >= 11 is 11.9. The van der Waals surface area contributed by atoms with Gasteiger partial charge < -0.3 is 4.90 Å². The van der Waals surface area contributed by atoms with Gasteiger partial charge in [-0.2, -0.15) is 0 Å². The Morgan fingerprint density at radius 3 is 2.62 bits per heavy atom. The SMILES string of the molecule is CN(Cc1cc(Cl)cc(Cl)c1)C(=O)c1n[nH]c(C2CC2)n1. The first-order chi connectivity index (χ1) is 10.0. The molecule has 0 unspecified atom stereocenters. The summed E-state index contributed by atoms with van der Waals surface area (Å²) in [5, 5.41) is 7.93. The number of nitrogens with one attached hydrogen (secondary N) is 1. The molecule has 3 rings (SSSR count). The molecule has 0 atom stereocenters. The summed E-state index contributed by atoms with van der Waals surface area (Å²) in [5.74, 6) is 1.22. The van der Waals surface area contributed by atoms with Gasteiger partial charge in [0.1, 0.15) is 5.82 Å². The molecule has 5 nitrogen and oxygen atoms in total. The lowest BCUT2D eigenvalue weighted by Gasteiger charge is -2.15. The lowest BCUT2D eigenvalue weighted by atomic mass is 10.2. The van der Waals surface area contributed by atoms with Crippen LogP contribution in [0.25, 0.3) is 0 Å². The second-order valence-electron chi connectivity index (χ2n) is 5.26. The van der Waals surface area contributed by atoms with Gasteiger partial charge in [0.05, 0.1) is 0 Å². The van der Waals surface area contributed by atoms with Crippen LogP contribution in [0.2, 0.25) is 10.0 Å². The third-order valence-corrected chi connectivity index (χ3v) is 3.78. The first kappa shape index (κ1) is 14.4. The largest absolute Gasteiger partial charge is 0.335 e. The normalized spacial score (nSPS) is 14.2. The molecule has 0 spiro atoms. The molecule has 1 aliphatic carbocycles. The number of hydrogen-bond donors (Lipinski definition) is 1. The number of H-pyrrole nitrogens is 1. The maximum atomic E-state index is 12.3. The van der Waals surface area contributed by atoms with Crippen LogP contribution < -0.4 is 0 Å². The van der Waals surface area contributed by atoms with E-state index in [1.54, 1.807) is 30.1 Å². The molecule has 1 N–H and O–H groups in total. The Balaban J connectivity index is 1.71. The van der Waals surface area contributed by atoms with Crippen molar-refractivity contribution < 1.29 is 4.79 Å². The number of aromatic nitrogens is 3. The van der Waals surface area contributed by atoms with E-state index in [0.29, 0.717) is 22.5 Å². The lowest BCUT2D eigenvalue weighted by Crippen LogP contribution is -2.27. The fraction of sp³-hybridized carbons (Fsp3) is 0.357. The van der Waals surface area contributed by atoms with Gasteiger partial charge in [-0.3, -0.25) is 9.89 Å². The van der Waals surface area contributed by atoms with E-state index in [9.17, 15) is 4.79 Å². The van der Waals surface area contributed by atoms with E-state index >= 15 is 0 Å². The van der Waals surface area contributed by atoms with Crippen molar-refractivity contribution in [3.05, 3.63) is 45.5 Å². The number of halogens is 2. The van der Waals surface area contributed by atoms with Crippen molar-refractivity contribution in [3.8, 4) is 0 Å². The van der Waals surface area contributed by atoms with Gasteiger partial charge in [-0.05, 0) is 36.6 Å². The Bertz CT molecular complexity index is 661. The van der Waals surface area contributed by atoms with Crippen molar-refractivity contribution in [2.75, 3.05) is 7.05 Å². The van der Waals surface area contributed by atoms with Crippen LogP contribution in [0.1, 0.15) is 40.8 Å². The van der Waals surface area contributed by atoms with Crippen molar-refractivity contribution >= 4 is 29.1 Å². The van der Waals surface area contributed by atoms with Crippen LogP contribution in [0, 0.1) is 0 Å². The molecule has 0 saturated heterocycles. The van der Waals surface area contributed by atoms with Gasteiger partial charge >= 0.3 is 0 Å². The molecule has 0 bridgehead atoms. The van der Waals surface area contributed by atoms with Gasteiger partial charge in [0.2, 0.25) is 5.82 Å². The van der Waals surface area contributed by atoms with Gasteiger partial charge in [-0.1, -0.05) is 23.2 Å². The highest BCUT2D eigenvalue weighted by Crippen LogP contribution is 2.37. The molecule has 0 aliphatic heterocycles. The highest BCUT2D eigenvalue weighted by atomic mass is 35.5. The zero-order valence-corrected chi connectivity index (χ0v) is 12.9. The van der Waals surface area contributed by atoms with Crippen molar-refractivity contribution in [2.45, 2.75) is 25.3 Å². The van der Waals surface area contributed by atoms with E-state index in [4.69, 9.17) is 23.2 Å². The van der Waals surface area contributed by atoms with Crippen LogP contribution in [0.3, 0.4) is 0 Å². The monoisotopic (exact) mass is 324 g/mol. The molecule has 1 aromatic carbocycles. The molecule has 1 aromatic heterocycles. The van der Waals surface area contributed by atoms with Crippen molar-refractivity contribution in [3.63, 3.8) is 0 Å². The Hall–Kier alpha value is -1.59. The minimum absolute atomic E-state index is 0.201. The number of benzene rings is 1. The second-order valence-corrected chi connectivity index (χ2v) is 6.13. The minimum atomic E-state index is -0.228. The third-order valence-electron chi connectivity index (χ3n) is 3.35. The average molecular weight is 325 g/mol. The molecule has 1 fully saturated rings. The fourth-order valence-electron chi connectivity index (χ4n) is 2.13. The summed E-state index contributed by atoms with van der Waals surface area (Å²) < 4.78 is 0. The molecule has 1 heterocycles. The fourth-order valence-corrected chi connectivity index (χ4v) is 2.70.